The molecule has 1 rings (SSSR count). The molecular formula is C10H14Cl2N4O. The molecule has 0 aromatic carbocycles. The molecule has 5 nitrogen and oxygen atoms in total. The van der Waals surface area contributed by atoms with Crippen LogP contribution < -0.4 is 10.6 Å². The fourth-order valence-electron chi connectivity index (χ4n) is 1.05. The van der Waals surface area contributed by atoms with Crippen LogP contribution in [-0.4, -0.2) is 43.1 Å². The van der Waals surface area contributed by atoms with E-state index in [-0.39, 0.29) is 6.03 Å². The van der Waals surface area contributed by atoms with E-state index in [1.807, 2.05) is 0 Å². The van der Waals surface area contributed by atoms with Crippen molar-refractivity contribution < 1.29 is 4.79 Å². The average molecular weight is 277 g/mol. The number of carbonyl (C=O) groups is 1. The predicted molar refractivity (Wildman–Crippen MR) is 69.8 cm³/mol. The number of nitrogens with one attached hydrogen (secondary N) is 2. The second-order valence-electron chi connectivity index (χ2n) is 3.54. The lowest BCUT2D eigenvalue weighted by atomic mass is 10.4. The van der Waals surface area contributed by atoms with Gasteiger partial charge in [-0.1, -0.05) is 23.2 Å². The second kappa shape index (κ2) is 6.51. The summed E-state index contributed by atoms with van der Waals surface area (Å²) in [5, 5.41) is 6.65. The first kappa shape index (κ1) is 13.9. The van der Waals surface area contributed by atoms with Gasteiger partial charge in [0.2, 0.25) is 0 Å². The van der Waals surface area contributed by atoms with E-state index in [0.717, 1.165) is 0 Å². The van der Waals surface area contributed by atoms with Crippen molar-refractivity contribution in [3.8, 4) is 0 Å². The zero-order valence-corrected chi connectivity index (χ0v) is 11.1. The van der Waals surface area contributed by atoms with Crippen LogP contribution >= 0.6 is 23.2 Å². The van der Waals surface area contributed by atoms with Gasteiger partial charge in [0.25, 0.3) is 0 Å². The second-order valence-corrected chi connectivity index (χ2v) is 4.38. The van der Waals surface area contributed by atoms with Gasteiger partial charge in [0.05, 0.1) is 10.0 Å². The quantitative estimate of drug-likeness (QED) is 0.828. The maximum Gasteiger partial charge on any atom is 0.316 e. The third-order valence-corrected chi connectivity index (χ3v) is 2.40. The smallest absolute Gasteiger partial charge is 0.316 e. The molecule has 0 atom stereocenters. The zero-order chi connectivity index (χ0) is 12.8. The Morgan fingerprint density at radius 2 is 2.12 bits per heavy atom. The number of aromatic nitrogens is 1. The van der Waals surface area contributed by atoms with Crippen LogP contribution in [0, 0.1) is 0 Å². The molecule has 17 heavy (non-hydrogen) atoms. The molecule has 1 heterocycles. The molecule has 2 amide bonds. The number of pyridine rings is 1. The minimum Gasteiger partial charge on any atom is -0.367 e. The molecule has 0 unspecified atom stereocenters. The lowest BCUT2D eigenvalue weighted by molar-refractivity contribution is 0.218. The zero-order valence-electron chi connectivity index (χ0n) is 9.63. The lowest BCUT2D eigenvalue weighted by Gasteiger charge is -2.12. The SMILES string of the molecule is CN(C)C(=O)NCCNc1ncc(Cl)cc1Cl. The van der Waals surface area contributed by atoms with E-state index in [0.29, 0.717) is 29.0 Å². The maximum absolute atomic E-state index is 11.2. The summed E-state index contributed by atoms with van der Waals surface area (Å²) in [6, 6.07) is 1.47. The first-order chi connectivity index (χ1) is 8.00. The molecule has 2 N–H and O–H groups in total. The normalized spacial score (nSPS) is 9.88. The number of anilines is 1. The Hall–Kier alpha value is -1.20. The summed E-state index contributed by atoms with van der Waals surface area (Å²) >= 11 is 11.6. The molecule has 1 aromatic heterocycles. The topological polar surface area (TPSA) is 57.3 Å². The third-order valence-electron chi connectivity index (χ3n) is 1.91. The van der Waals surface area contributed by atoms with E-state index in [9.17, 15) is 4.79 Å². The number of hydrogen-bond donors (Lipinski definition) is 2. The molecule has 0 radical (unpaired) electrons. The molecule has 1 aromatic rings. The highest BCUT2D eigenvalue weighted by Gasteiger charge is 2.03. The molecule has 94 valence electrons. The summed E-state index contributed by atoms with van der Waals surface area (Å²) in [6.45, 7) is 1.02. The van der Waals surface area contributed by atoms with E-state index in [1.54, 1.807) is 20.2 Å². The van der Waals surface area contributed by atoms with Gasteiger partial charge in [-0.05, 0) is 6.07 Å². The lowest BCUT2D eigenvalue weighted by Crippen LogP contribution is -2.37. The summed E-state index contributed by atoms with van der Waals surface area (Å²) in [6.07, 6.45) is 1.51. The van der Waals surface area contributed by atoms with E-state index >= 15 is 0 Å². The van der Waals surface area contributed by atoms with Crippen molar-refractivity contribution in [2.45, 2.75) is 0 Å². The number of amides is 2. The standard InChI is InChI=1S/C10H14Cl2N4O/c1-16(2)10(17)14-4-3-13-9-8(12)5-7(11)6-15-9/h5-6H,3-4H2,1-2H3,(H,13,15)(H,14,17). The Morgan fingerprint density at radius 3 is 2.71 bits per heavy atom. The van der Waals surface area contributed by atoms with Crippen LogP contribution in [0.5, 0.6) is 0 Å². The first-order valence-corrected chi connectivity index (χ1v) is 5.76. The summed E-state index contributed by atoms with van der Waals surface area (Å²) < 4.78 is 0. The fourth-order valence-corrected chi connectivity index (χ4v) is 1.50. The van der Waals surface area contributed by atoms with Crippen LogP contribution in [0.4, 0.5) is 10.6 Å². The highest BCUT2D eigenvalue weighted by Crippen LogP contribution is 2.21. The average Bonchev–Trinajstić information content (AvgIpc) is 2.26. The molecule has 0 saturated carbocycles. The Morgan fingerprint density at radius 1 is 1.41 bits per heavy atom. The van der Waals surface area contributed by atoms with Gasteiger partial charge in [-0.3, -0.25) is 0 Å². The number of halogens is 2. The molecule has 0 spiro atoms. The van der Waals surface area contributed by atoms with E-state index in [4.69, 9.17) is 23.2 Å². The summed E-state index contributed by atoms with van der Waals surface area (Å²) in [4.78, 5) is 16.7. The van der Waals surface area contributed by atoms with Gasteiger partial charge < -0.3 is 15.5 Å². The van der Waals surface area contributed by atoms with E-state index in [2.05, 4.69) is 15.6 Å². The highest BCUT2D eigenvalue weighted by atomic mass is 35.5. The molecule has 7 heteroatoms. The minimum absolute atomic E-state index is 0.137. The van der Waals surface area contributed by atoms with Crippen LogP contribution in [0.15, 0.2) is 12.3 Å². The number of hydrogen-bond acceptors (Lipinski definition) is 3. The van der Waals surface area contributed by atoms with Crippen LogP contribution in [-0.2, 0) is 0 Å². The van der Waals surface area contributed by atoms with Crippen molar-refractivity contribution in [3.63, 3.8) is 0 Å². The summed E-state index contributed by atoms with van der Waals surface area (Å²) in [7, 11) is 3.36. The van der Waals surface area contributed by atoms with Crippen molar-refractivity contribution in [2.75, 3.05) is 32.5 Å². The van der Waals surface area contributed by atoms with Gasteiger partial charge >= 0.3 is 6.03 Å². The Balaban J connectivity index is 2.34. The van der Waals surface area contributed by atoms with Gasteiger partial charge in [-0.2, -0.15) is 0 Å². The first-order valence-electron chi connectivity index (χ1n) is 5.01. The molecule has 0 bridgehead atoms. The van der Waals surface area contributed by atoms with Gasteiger partial charge in [0.1, 0.15) is 5.82 Å². The molecule has 0 aliphatic carbocycles. The largest absolute Gasteiger partial charge is 0.367 e. The van der Waals surface area contributed by atoms with Crippen LogP contribution in [0.3, 0.4) is 0 Å². The molecule has 0 fully saturated rings. The predicted octanol–water partition coefficient (Wildman–Crippen LogP) is 2.07. The number of nitrogens with zero attached hydrogens (tertiary/aromatic N) is 2. The van der Waals surface area contributed by atoms with Gasteiger partial charge in [-0.25, -0.2) is 9.78 Å². The van der Waals surface area contributed by atoms with Crippen molar-refractivity contribution in [1.82, 2.24) is 15.2 Å². The maximum atomic E-state index is 11.2. The third kappa shape index (κ3) is 4.66. The van der Waals surface area contributed by atoms with Crippen LogP contribution in [0.1, 0.15) is 0 Å². The molecule has 0 saturated heterocycles. The Kier molecular flexibility index (Phi) is 5.31. The fraction of sp³-hybridized carbons (Fsp3) is 0.400. The van der Waals surface area contributed by atoms with Crippen molar-refractivity contribution in [3.05, 3.63) is 22.3 Å². The number of rotatable bonds is 4. The Labute approximate surface area is 110 Å². The Bertz CT molecular complexity index is 398. The van der Waals surface area contributed by atoms with E-state index in [1.165, 1.54) is 11.1 Å². The van der Waals surface area contributed by atoms with Crippen molar-refractivity contribution in [1.29, 1.82) is 0 Å². The number of urea groups is 1. The van der Waals surface area contributed by atoms with Gasteiger partial charge in [0.15, 0.2) is 0 Å². The van der Waals surface area contributed by atoms with E-state index < -0.39 is 0 Å². The van der Waals surface area contributed by atoms with Crippen molar-refractivity contribution >= 4 is 35.1 Å². The molecule has 0 aliphatic rings. The molecule has 0 aliphatic heterocycles. The van der Waals surface area contributed by atoms with Gasteiger partial charge in [-0.15, -0.1) is 0 Å². The van der Waals surface area contributed by atoms with Crippen LogP contribution in [0.2, 0.25) is 10.0 Å². The molecular weight excluding hydrogens is 263 g/mol. The number of carbonyl (C=O) groups excluding carboxylic acids is 1. The summed E-state index contributed by atoms with van der Waals surface area (Å²) in [5.41, 5.74) is 0. The summed E-state index contributed by atoms with van der Waals surface area (Å²) in [5.74, 6) is 0.551. The highest BCUT2D eigenvalue weighted by molar-refractivity contribution is 6.35. The van der Waals surface area contributed by atoms with Crippen molar-refractivity contribution in [2.24, 2.45) is 0 Å². The minimum atomic E-state index is -0.137. The van der Waals surface area contributed by atoms with Crippen LogP contribution in [0.25, 0.3) is 0 Å². The monoisotopic (exact) mass is 276 g/mol. The van der Waals surface area contributed by atoms with Gasteiger partial charge in [0, 0.05) is 33.4 Å².